The number of para-hydroxylation sites is 1. The van der Waals surface area contributed by atoms with Crippen LogP contribution < -0.4 is 5.32 Å². The molecule has 0 fully saturated rings. The van der Waals surface area contributed by atoms with Gasteiger partial charge in [-0.05, 0) is 47.2 Å². The first-order valence-corrected chi connectivity index (χ1v) is 7.85. The lowest BCUT2D eigenvalue weighted by atomic mass is 10.2. The fourth-order valence-electron chi connectivity index (χ4n) is 1.64. The highest BCUT2D eigenvalue weighted by molar-refractivity contribution is 7.79. The van der Waals surface area contributed by atoms with E-state index in [2.05, 4.69) is 5.32 Å². The van der Waals surface area contributed by atoms with E-state index in [1.165, 1.54) is 11.3 Å². The zero-order chi connectivity index (χ0) is 13.7. The number of rotatable bonds is 5. The molecule has 1 heterocycles. The molecule has 1 atom stereocenters. The van der Waals surface area contributed by atoms with Crippen molar-refractivity contribution in [2.45, 2.75) is 18.2 Å². The highest BCUT2D eigenvalue weighted by Gasteiger charge is 2.04. The minimum atomic E-state index is -2.19. The quantitative estimate of drug-likeness (QED) is 0.852. The van der Waals surface area contributed by atoms with E-state index in [9.17, 15) is 8.76 Å². The molecule has 1 aromatic heterocycles. The van der Waals surface area contributed by atoms with Crippen LogP contribution in [0.15, 0.2) is 52.4 Å². The van der Waals surface area contributed by atoms with Gasteiger partial charge in [-0.25, -0.2) is 0 Å². The molecule has 5 heteroatoms. The van der Waals surface area contributed by atoms with Crippen molar-refractivity contribution >= 4 is 34.2 Å². The molecular formula is C14H14NO2S2-. The summed E-state index contributed by atoms with van der Waals surface area (Å²) in [5.74, 6) is 0. The average Bonchev–Trinajstić information content (AvgIpc) is 2.87. The Morgan fingerprint density at radius 1 is 1.37 bits per heavy atom. The van der Waals surface area contributed by atoms with Crippen molar-refractivity contribution in [3.05, 3.63) is 52.4 Å². The first-order valence-electron chi connectivity index (χ1n) is 5.90. The van der Waals surface area contributed by atoms with Crippen molar-refractivity contribution in [2.24, 2.45) is 0 Å². The maximum atomic E-state index is 11.1. The van der Waals surface area contributed by atoms with Gasteiger partial charge >= 0.3 is 0 Å². The first kappa shape index (κ1) is 14.0. The summed E-state index contributed by atoms with van der Waals surface area (Å²) in [5, 5.41) is 5.08. The molecule has 1 aromatic carbocycles. The minimum absolute atomic E-state index is 0.353. The minimum Gasteiger partial charge on any atom is -0.768 e. The predicted octanol–water partition coefficient (Wildman–Crippen LogP) is 3.85. The summed E-state index contributed by atoms with van der Waals surface area (Å²) in [4.78, 5) is 1.11. The molecule has 0 bridgehead atoms. The van der Waals surface area contributed by atoms with Gasteiger partial charge in [0.1, 0.15) is 0 Å². The van der Waals surface area contributed by atoms with Crippen LogP contribution in [0.2, 0.25) is 0 Å². The van der Waals surface area contributed by atoms with E-state index in [0.29, 0.717) is 4.90 Å². The van der Waals surface area contributed by atoms with Crippen LogP contribution in [0.25, 0.3) is 6.08 Å². The maximum Gasteiger partial charge on any atom is 0.0437 e. The molecule has 0 radical (unpaired) electrons. The summed E-state index contributed by atoms with van der Waals surface area (Å²) in [6.07, 6.45) is 2.69. The molecule has 0 amide bonds. The van der Waals surface area contributed by atoms with Gasteiger partial charge in [0.25, 0.3) is 0 Å². The molecule has 100 valence electrons. The molecule has 0 saturated heterocycles. The van der Waals surface area contributed by atoms with Gasteiger partial charge in [0.2, 0.25) is 0 Å². The maximum absolute atomic E-state index is 11.1. The van der Waals surface area contributed by atoms with E-state index in [1.54, 1.807) is 11.4 Å². The van der Waals surface area contributed by atoms with Crippen molar-refractivity contribution in [2.75, 3.05) is 5.32 Å². The van der Waals surface area contributed by atoms with Gasteiger partial charge in [0.05, 0.1) is 0 Å². The average molecular weight is 292 g/mol. The van der Waals surface area contributed by atoms with E-state index in [-0.39, 0.29) is 0 Å². The summed E-state index contributed by atoms with van der Waals surface area (Å²) in [6, 6.07) is 11.4. The van der Waals surface area contributed by atoms with Crippen molar-refractivity contribution in [1.82, 2.24) is 0 Å². The van der Waals surface area contributed by atoms with Gasteiger partial charge in [-0.3, -0.25) is 4.21 Å². The Bertz CT molecular complexity index is 591. The lowest BCUT2D eigenvalue weighted by molar-refractivity contribution is 0.537. The number of benzene rings is 1. The second kappa shape index (κ2) is 6.65. The number of anilines is 1. The van der Waals surface area contributed by atoms with Crippen LogP contribution in [0.3, 0.4) is 0 Å². The van der Waals surface area contributed by atoms with Crippen molar-refractivity contribution in [3.8, 4) is 0 Å². The third kappa shape index (κ3) is 3.76. The van der Waals surface area contributed by atoms with Gasteiger partial charge in [-0.15, -0.1) is 11.3 Å². The van der Waals surface area contributed by atoms with E-state index >= 15 is 0 Å². The molecule has 0 saturated carbocycles. The largest absolute Gasteiger partial charge is 0.768 e. The van der Waals surface area contributed by atoms with Crippen molar-refractivity contribution in [3.63, 3.8) is 0 Å². The van der Waals surface area contributed by atoms with Crippen LogP contribution in [-0.4, -0.2) is 8.76 Å². The standard InChI is InChI=1S/C14H15NO2S2/c1-2-11(15-12-6-4-3-5-7-12)10-13-14(19(16)17)8-9-18-13/h3-10,15H,2H2,1H3,(H,16,17)/p-1/b11-10-. The van der Waals surface area contributed by atoms with Crippen LogP contribution in [0.5, 0.6) is 0 Å². The summed E-state index contributed by atoms with van der Waals surface area (Å²) >= 11 is -0.764. The highest BCUT2D eigenvalue weighted by Crippen LogP contribution is 2.24. The number of allylic oxidation sites excluding steroid dienone is 1. The molecule has 0 aliphatic rings. The lowest BCUT2D eigenvalue weighted by Crippen LogP contribution is -1.98. The molecular weight excluding hydrogens is 278 g/mol. The summed E-state index contributed by atoms with van der Waals surface area (Å²) in [5.41, 5.74) is 1.98. The monoisotopic (exact) mass is 292 g/mol. The van der Waals surface area contributed by atoms with Gasteiger partial charge in [0, 0.05) is 21.2 Å². The fraction of sp³-hybridized carbons (Fsp3) is 0.143. The molecule has 2 aromatic rings. The Morgan fingerprint density at radius 3 is 2.74 bits per heavy atom. The third-order valence-corrected chi connectivity index (χ3v) is 4.31. The van der Waals surface area contributed by atoms with Crippen LogP contribution in [0.1, 0.15) is 18.2 Å². The first-order chi connectivity index (χ1) is 9.20. The molecule has 0 aliphatic carbocycles. The van der Waals surface area contributed by atoms with Crippen molar-refractivity contribution in [1.29, 1.82) is 0 Å². The SMILES string of the molecule is CC/C(=C/c1sccc1S(=O)[O-])Nc1ccccc1. The number of hydrogen-bond acceptors (Lipinski definition) is 4. The van der Waals surface area contributed by atoms with E-state index in [0.717, 1.165) is 22.7 Å². The highest BCUT2D eigenvalue weighted by atomic mass is 32.2. The third-order valence-electron chi connectivity index (χ3n) is 2.60. The molecule has 2 rings (SSSR count). The summed E-state index contributed by atoms with van der Waals surface area (Å²) in [7, 11) is 0. The van der Waals surface area contributed by atoms with Crippen LogP contribution >= 0.6 is 11.3 Å². The summed E-state index contributed by atoms with van der Waals surface area (Å²) in [6.45, 7) is 2.03. The number of thiophene rings is 1. The van der Waals surface area contributed by atoms with Gasteiger partial charge in [0.15, 0.2) is 0 Å². The Balaban J connectivity index is 2.24. The zero-order valence-electron chi connectivity index (χ0n) is 10.5. The fourth-order valence-corrected chi connectivity index (χ4v) is 3.23. The molecule has 1 unspecified atom stereocenters. The number of hydrogen-bond donors (Lipinski definition) is 1. The second-order valence-electron chi connectivity index (χ2n) is 3.90. The van der Waals surface area contributed by atoms with Gasteiger partial charge in [-0.2, -0.15) is 0 Å². The van der Waals surface area contributed by atoms with E-state index in [4.69, 9.17) is 0 Å². The molecule has 0 spiro atoms. The Kier molecular flexibility index (Phi) is 4.90. The topological polar surface area (TPSA) is 52.2 Å². The van der Waals surface area contributed by atoms with Crippen LogP contribution in [-0.2, 0) is 11.1 Å². The van der Waals surface area contributed by atoms with Gasteiger partial charge in [-0.1, -0.05) is 25.1 Å². The smallest absolute Gasteiger partial charge is 0.0437 e. The number of nitrogens with one attached hydrogen (secondary N) is 1. The Hall–Kier alpha value is -1.43. The van der Waals surface area contributed by atoms with Crippen LogP contribution in [0, 0.1) is 0 Å². The van der Waals surface area contributed by atoms with Gasteiger partial charge < -0.3 is 9.87 Å². The molecule has 0 aliphatic heterocycles. The van der Waals surface area contributed by atoms with E-state index < -0.39 is 11.1 Å². The Labute approximate surface area is 119 Å². The second-order valence-corrected chi connectivity index (χ2v) is 5.75. The Morgan fingerprint density at radius 2 is 2.11 bits per heavy atom. The molecule has 3 nitrogen and oxygen atoms in total. The van der Waals surface area contributed by atoms with Crippen molar-refractivity contribution < 1.29 is 8.76 Å². The van der Waals surface area contributed by atoms with E-state index in [1.807, 2.05) is 43.3 Å². The van der Waals surface area contributed by atoms with Crippen LogP contribution in [0.4, 0.5) is 5.69 Å². The normalized spacial score (nSPS) is 13.3. The zero-order valence-corrected chi connectivity index (χ0v) is 12.1. The summed E-state index contributed by atoms with van der Waals surface area (Å²) < 4.78 is 22.1. The predicted molar refractivity (Wildman–Crippen MR) is 79.8 cm³/mol. The molecule has 19 heavy (non-hydrogen) atoms. The molecule has 1 N–H and O–H groups in total. The lowest BCUT2D eigenvalue weighted by Gasteiger charge is -2.10.